The number of sulfone groups is 1. The zero-order valence-corrected chi connectivity index (χ0v) is 10.1. The zero-order chi connectivity index (χ0) is 12.2. The van der Waals surface area contributed by atoms with Crippen LogP contribution < -0.4 is 5.32 Å². The van der Waals surface area contributed by atoms with Gasteiger partial charge in [0.05, 0.1) is 10.8 Å². The van der Waals surface area contributed by atoms with E-state index in [-0.39, 0.29) is 18.0 Å². The maximum atomic E-state index is 10.9. The van der Waals surface area contributed by atoms with Crippen LogP contribution in [-0.2, 0) is 9.84 Å². The van der Waals surface area contributed by atoms with Crippen LogP contribution in [0.5, 0.6) is 0 Å². The highest BCUT2D eigenvalue weighted by Gasteiger charge is 2.05. The number of rotatable bonds is 4. The molecule has 0 bridgehead atoms. The van der Waals surface area contributed by atoms with Gasteiger partial charge in [0.2, 0.25) is 0 Å². The van der Waals surface area contributed by atoms with Crippen molar-refractivity contribution in [1.82, 2.24) is 4.98 Å². The zero-order valence-electron chi connectivity index (χ0n) is 8.57. The maximum absolute atomic E-state index is 10.9. The predicted molar refractivity (Wildman–Crippen MR) is 62.2 cm³/mol. The van der Waals surface area contributed by atoms with E-state index in [0.29, 0.717) is 10.8 Å². The molecule has 0 aliphatic heterocycles. The average Bonchev–Trinajstić information content (AvgIpc) is 2.19. The number of pyridine rings is 1. The lowest BCUT2D eigenvalue weighted by Gasteiger charge is -2.06. The molecule has 0 atom stereocenters. The first kappa shape index (κ1) is 12.7. The third-order valence-electron chi connectivity index (χ3n) is 1.73. The first-order valence-corrected chi connectivity index (χ1v) is 6.84. The number of nitrogens with one attached hydrogen (secondary N) is 1. The number of aromatic nitrogens is 1. The van der Waals surface area contributed by atoms with Crippen molar-refractivity contribution in [3.8, 4) is 6.07 Å². The Bertz CT molecular complexity index is 522. The molecule has 1 aromatic rings. The molecule has 0 aliphatic carbocycles. The molecular weight excluding hydrogens is 250 g/mol. The molecular formula is C9H10ClN3O2S. The van der Waals surface area contributed by atoms with Gasteiger partial charge < -0.3 is 5.32 Å². The largest absolute Gasteiger partial charge is 0.368 e. The minimum Gasteiger partial charge on any atom is -0.368 e. The summed E-state index contributed by atoms with van der Waals surface area (Å²) in [6.07, 6.45) is 1.15. The lowest BCUT2D eigenvalue weighted by molar-refractivity contribution is 0.602. The Labute approximate surface area is 99.0 Å². The Balaban J connectivity index is 2.71. The van der Waals surface area contributed by atoms with Crippen LogP contribution in [0.4, 0.5) is 5.82 Å². The molecule has 5 nitrogen and oxygen atoms in total. The average molecular weight is 260 g/mol. The van der Waals surface area contributed by atoms with Crippen LogP contribution in [0.25, 0.3) is 0 Å². The van der Waals surface area contributed by atoms with Gasteiger partial charge in [-0.2, -0.15) is 5.26 Å². The van der Waals surface area contributed by atoms with Gasteiger partial charge in [-0.05, 0) is 12.1 Å². The molecule has 0 aromatic carbocycles. The van der Waals surface area contributed by atoms with E-state index in [4.69, 9.17) is 16.9 Å². The van der Waals surface area contributed by atoms with E-state index in [1.807, 2.05) is 6.07 Å². The molecule has 7 heteroatoms. The lowest BCUT2D eigenvalue weighted by atomic mass is 10.3. The van der Waals surface area contributed by atoms with E-state index in [2.05, 4.69) is 10.3 Å². The summed E-state index contributed by atoms with van der Waals surface area (Å²) in [5.74, 6) is 0.311. The van der Waals surface area contributed by atoms with Crippen LogP contribution in [0.15, 0.2) is 12.1 Å². The normalized spacial score (nSPS) is 10.8. The smallest absolute Gasteiger partial charge is 0.149 e. The molecule has 0 unspecified atom stereocenters. The molecule has 0 amide bonds. The summed E-state index contributed by atoms with van der Waals surface area (Å²) in [4.78, 5) is 3.91. The summed E-state index contributed by atoms with van der Waals surface area (Å²) in [5.41, 5.74) is 0.228. The van der Waals surface area contributed by atoms with Crippen LogP contribution >= 0.6 is 11.6 Å². The number of nitriles is 1. The second kappa shape index (κ2) is 5.14. The van der Waals surface area contributed by atoms with E-state index in [0.717, 1.165) is 6.26 Å². The van der Waals surface area contributed by atoms with Gasteiger partial charge in [-0.15, -0.1) is 0 Å². The van der Waals surface area contributed by atoms with E-state index >= 15 is 0 Å². The molecule has 0 aliphatic rings. The first-order valence-electron chi connectivity index (χ1n) is 4.40. The third-order valence-corrected chi connectivity index (χ3v) is 2.98. The van der Waals surface area contributed by atoms with Crippen LogP contribution in [-0.4, -0.2) is 32.0 Å². The van der Waals surface area contributed by atoms with Gasteiger partial charge >= 0.3 is 0 Å². The third kappa shape index (κ3) is 4.04. The van der Waals surface area contributed by atoms with E-state index in [9.17, 15) is 8.42 Å². The minimum atomic E-state index is -3.02. The highest BCUT2D eigenvalue weighted by atomic mass is 35.5. The molecule has 1 aromatic heterocycles. The fourth-order valence-corrected chi connectivity index (χ4v) is 1.63. The molecule has 1 N–H and O–H groups in total. The van der Waals surface area contributed by atoms with Gasteiger partial charge in [-0.25, -0.2) is 13.4 Å². The standard InChI is InChI=1S/C9H10ClN3O2S/c1-16(14,15)5-4-12-9-8(10)3-2-7(6-11)13-9/h2-3H,4-5H2,1H3,(H,12,13). The number of halogens is 1. The van der Waals surface area contributed by atoms with Crippen LogP contribution in [0, 0.1) is 11.3 Å². The van der Waals surface area contributed by atoms with Crippen molar-refractivity contribution < 1.29 is 8.42 Å². The SMILES string of the molecule is CS(=O)(=O)CCNc1nc(C#N)ccc1Cl. The Morgan fingerprint density at radius 1 is 1.56 bits per heavy atom. The number of hydrogen-bond acceptors (Lipinski definition) is 5. The summed E-state index contributed by atoms with van der Waals surface area (Å²) in [7, 11) is -3.02. The van der Waals surface area contributed by atoms with Crippen molar-refractivity contribution in [2.45, 2.75) is 0 Å². The van der Waals surface area contributed by atoms with Crippen LogP contribution in [0.2, 0.25) is 5.02 Å². The fourth-order valence-electron chi connectivity index (χ4n) is 0.983. The minimum absolute atomic E-state index is 0.0121. The molecule has 1 rings (SSSR count). The molecule has 0 fully saturated rings. The first-order chi connectivity index (χ1) is 7.42. The van der Waals surface area contributed by atoms with Crippen molar-refractivity contribution in [2.24, 2.45) is 0 Å². The molecule has 86 valence electrons. The van der Waals surface area contributed by atoms with Crippen molar-refractivity contribution >= 4 is 27.3 Å². The summed E-state index contributed by atoms with van der Waals surface area (Å²) < 4.78 is 21.8. The van der Waals surface area contributed by atoms with Crippen LogP contribution in [0.3, 0.4) is 0 Å². The topological polar surface area (TPSA) is 82.8 Å². The van der Waals surface area contributed by atoms with Gasteiger partial charge in [0, 0.05) is 12.8 Å². The van der Waals surface area contributed by atoms with E-state index in [1.165, 1.54) is 12.1 Å². The summed E-state index contributed by atoms with van der Waals surface area (Å²) in [6, 6.07) is 4.90. The van der Waals surface area contributed by atoms with Gasteiger partial charge in [0.15, 0.2) is 0 Å². The highest BCUT2D eigenvalue weighted by molar-refractivity contribution is 7.90. The summed E-state index contributed by atoms with van der Waals surface area (Å²) >= 11 is 5.82. The highest BCUT2D eigenvalue weighted by Crippen LogP contribution is 2.18. The lowest BCUT2D eigenvalue weighted by Crippen LogP contribution is -2.15. The number of hydrogen-bond donors (Lipinski definition) is 1. The van der Waals surface area contributed by atoms with Gasteiger partial charge in [0.25, 0.3) is 0 Å². The van der Waals surface area contributed by atoms with E-state index < -0.39 is 9.84 Å². The van der Waals surface area contributed by atoms with Crippen molar-refractivity contribution in [3.05, 3.63) is 22.8 Å². The Kier molecular flexibility index (Phi) is 4.10. The van der Waals surface area contributed by atoms with Gasteiger partial charge in [-0.1, -0.05) is 11.6 Å². The molecule has 0 spiro atoms. The van der Waals surface area contributed by atoms with Gasteiger partial charge in [0.1, 0.15) is 27.4 Å². The Morgan fingerprint density at radius 2 is 2.25 bits per heavy atom. The van der Waals surface area contributed by atoms with Crippen molar-refractivity contribution in [1.29, 1.82) is 5.26 Å². The van der Waals surface area contributed by atoms with Crippen LogP contribution in [0.1, 0.15) is 5.69 Å². The van der Waals surface area contributed by atoms with Crippen molar-refractivity contribution in [3.63, 3.8) is 0 Å². The molecule has 0 radical (unpaired) electrons. The maximum Gasteiger partial charge on any atom is 0.149 e. The Morgan fingerprint density at radius 3 is 2.81 bits per heavy atom. The Hall–Kier alpha value is -1.32. The molecule has 1 heterocycles. The second-order valence-electron chi connectivity index (χ2n) is 3.20. The van der Waals surface area contributed by atoms with Gasteiger partial charge in [-0.3, -0.25) is 0 Å². The predicted octanol–water partition coefficient (Wildman–Crippen LogP) is 1.06. The van der Waals surface area contributed by atoms with E-state index in [1.54, 1.807) is 0 Å². The number of nitrogens with zero attached hydrogens (tertiary/aromatic N) is 2. The molecule has 0 saturated carbocycles. The molecule has 0 saturated heterocycles. The summed E-state index contributed by atoms with van der Waals surface area (Å²) in [5, 5.41) is 11.8. The monoisotopic (exact) mass is 259 g/mol. The fraction of sp³-hybridized carbons (Fsp3) is 0.333. The number of anilines is 1. The second-order valence-corrected chi connectivity index (χ2v) is 5.86. The summed E-state index contributed by atoms with van der Waals surface area (Å²) in [6.45, 7) is 0.209. The molecule has 16 heavy (non-hydrogen) atoms. The quantitative estimate of drug-likeness (QED) is 0.874. The van der Waals surface area contributed by atoms with Crippen molar-refractivity contribution in [2.75, 3.05) is 23.9 Å².